The molecule has 0 saturated carbocycles. The van der Waals surface area contributed by atoms with Gasteiger partial charge in [0.2, 0.25) is 5.13 Å². The number of rotatable bonds is 5. The van der Waals surface area contributed by atoms with Crippen molar-refractivity contribution in [2.24, 2.45) is 0 Å². The minimum atomic E-state index is -3.78. The van der Waals surface area contributed by atoms with Gasteiger partial charge in [0.05, 0.1) is 11.5 Å². The van der Waals surface area contributed by atoms with Crippen LogP contribution in [0.2, 0.25) is 0 Å². The fourth-order valence-electron chi connectivity index (χ4n) is 1.69. The molecule has 0 atom stereocenters. The van der Waals surface area contributed by atoms with E-state index in [-0.39, 0.29) is 16.6 Å². The summed E-state index contributed by atoms with van der Waals surface area (Å²) in [6, 6.07) is 3.14. The Hall–Kier alpha value is -1.03. The van der Waals surface area contributed by atoms with Gasteiger partial charge in [-0.3, -0.25) is 4.72 Å². The fraction of sp³-hybridized carbons (Fsp3) is 0.333. The van der Waals surface area contributed by atoms with E-state index in [1.54, 1.807) is 13.0 Å². The third-order valence-corrected chi connectivity index (χ3v) is 6.22. The quantitative estimate of drug-likeness (QED) is 0.816. The summed E-state index contributed by atoms with van der Waals surface area (Å²) >= 11 is 4.50. The molecule has 0 bridgehead atoms. The van der Waals surface area contributed by atoms with E-state index in [0.717, 1.165) is 5.01 Å². The standard InChI is InChI=1S/C12H14BrN3O3S2/c1-3-11-14-15-12(20-11)16-21(18,19)10-5-8(6-17)4-9(13)7(10)2/h4-5,17H,3,6H2,1-2H3,(H,15,16). The van der Waals surface area contributed by atoms with Gasteiger partial charge in [0, 0.05) is 4.47 Å². The monoisotopic (exact) mass is 391 g/mol. The van der Waals surface area contributed by atoms with Crippen molar-refractivity contribution >= 4 is 42.4 Å². The molecule has 0 aliphatic heterocycles. The van der Waals surface area contributed by atoms with Crippen LogP contribution in [0.25, 0.3) is 0 Å². The molecule has 6 nitrogen and oxygen atoms in total. The van der Waals surface area contributed by atoms with Crippen molar-refractivity contribution in [2.75, 3.05) is 4.72 Å². The first-order valence-electron chi connectivity index (χ1n) is 6.12. The van der Waals surface area contributed by atoms with Gasteiger partial charge in [-0.1, -0.05) is 34.2 Å². The van der Waals surface area contributed by atoms with Crippen molar-refractivity contribution in [3.8, 4) is 0 Å². The lowest BCUT2D eigenvalue weighted by atomic mass is 10.2. The van der Waals surface area contributed by atoms with E-state index in [2.05, 4.69) is 30.8 Å². The summed E-state index contributed by atoms with van der Waals surface area (Å²) in [5, 5.41) is 17.9. The van der Waals surface area contributed by atoms with Gasteiger partial charge in [-0.15, -0.1) is 10.2 Å². The highest BCUT2D eigenvalue weighted by atomic mass is 79.9. The maximum absolute atomic E-state index is 12.5. The predicted molar refractivity (Wildman–Crippen MR) is 84.9 cm³/mol. The molecule has 1 aromatic heterocycles. The molecule has 1 aromatic carbocycles. The number of halogens is 1. The van der Waals surface area contributed by atoms with Crippen LogP contribution in [-0.2, 0) is 23.1 Å². The second-order valence-corrected chi connectivity index (χ2v) is 7.89. The number of nitrogens with zero attached hydrogens (tertiary/aromatic N) is 2. The first-order chi connectivity index (χ1) is 9.87. The summed E-state index contributed by atoms with van der Waals surface area (Å²) in [4.78, 5) is 0.106. The highest BCUT2D eigenvalue weighted by Crippen LogP contribution is 2.28. The zero-order valence-electron chi connectivity index (χ0n) is 11.4. The molecule has 1 heterocycles. The molecule has 2 aromatic rings. The SMILES string of the molecule is CCc1nnc(NS(=O)(=O)c2cc(CO)cc(Br)c2C)s1. The number of sulfonamides is 1. The van der Waals surface area contributed by atoms with Crippen LogP contribution in [0.4, 0.5) is 5.13 Å². The summed E-state index contributed by atoms with van der Waals surface area (Å²) in [5.74, 6) is 0. The summed E-state index contributed by atoms with van der Waals surface area (Å²) in [6.07, 6.45) is 0.698. The second-order valence-electron chi connectivity index (χ2n) is 4.32. The molecule has 9 heteroatoms. The summed E-state index contributed by atoms with van der Waals surface area (Å²) < 4.78 is 28.0. The predicted octanol–water partition coefficient (Wildman–Crippen LogP) is 2.46. The molecule has 0 aliphatic carbocycles. The first kappa shape index (κ1) is 16.3. The molecule has 0 amide bonds. The Labute approximate surface area is 135 Å². The molecule has 0 fully saturated rings. The minimum absolute atomic E-state index is 0.106. The zero-order valence-corrected chi connectivity index (χ0v) is 14.6. The number of aliphatic hydroxyl groups excluding tert-OH is 1. The van der Waals surface area contributed by atoms with Crippen molar-refractivity contribution in [2.45, 2.75) is 31.8 Å². The molecule has 21 heavy (non-hydrogen) atoms. The molecular formula is C12H14BrN3O3S2. The van der Waals surface area contributed by atoms with E-state index in [1.807, 2.05) is 6.92 Å². The van der Waals surface area contributed by atoms with Crippen LogP contribution < -0.4 is 4.72 Å². The number of nitrogens with one attached hydrogen (secondary N) is 1. The van der Waals surface area contributed by atoms with Crippen LogP contribution in [0.5, 0.6) is 0 Å². The van der Waals surface area contributed by atoms with Crippen LogP contribution in [0.3, 0.4) is 0 Å². The van der Waals surface area contributed by atoms with Gasteiger partial charge in [0.15, 0.2) is 0 Å². The molecular weight excluding hydrogens is 378 g/mol. The topological polar surface area (TPSA) is 92.2 Å². The van der Waals surface area contributed by atoms with Crippen molar-refractivity contribution in [1.82, 2.24) is 10.2 Å². The number of aryl methyl sites for hydroxylation is 1. The Bertz CT molecular complexity index is 759. The van der Waals surface area contributed by atoms with Gasteiger partial charge in [-0.2, -0.15) is 0 Å². The maximum Gasteiger partial charge on any atom is 0.264 e. The fourth-order valence-corrected chi connectivity index (χ4v) is 4.55. The number of aliphatic hydroxyl groups is 1. The van der Waals surface area contributed by atoms with E-state index in [1.165, 1.54) is 17.4 Å². The molecule has 0 saturated heterocycles. The van der Waals surface area contributed by atoms with Crippen LogP contribution in [0.15, 0.2) is 21.5 Å². The van der Waals surface area contributed by atoms with Gasteiger partial charge < -0.3 is 5.11 Å². The third-order valence-electron chi connectivity index (χ3n) is 2.82. The van der Waals surface area contributed by atoms with E-state index in [0.29, 0.717) is 22.0 Å². The number of anilines is 1. The van der Waals surface area contributed by atoms with E-state index >= 15 is 0 Å². The molecule has 114 valence electrons. The number of hydrogen-bond donors (Lipinski definition) is 2. The smallest absolute Gasteiger partial charge is 0.264 e. The number of benzene rings is 1. The lowest BCUT2D eigenvalue weighted by molar-refractivity contribution is 0.281. The van der Waals surface area contributed by atoms with Gasteiger partial charge >= 0.3 is 0 Å². The van der Waals surface area contributed by atoms with Gasteiger partial charge in [0.25, 0.3) is 10.0 Å². The average Bonchev–Trinajstić information content (AvgIpc) is 2.88. The Morgan fingerprint density at radius 1 is 1.38 bits per heavy atom. The third kappa shape index (κ3) is 3.60. The zero-order chi connectivity index (χ0) is 15.6. The molecule has 2 rings (SSSR count). The van der Waals surface area contributed by atoms with Crippen LogP contribution >= 0.6 is 27.3 Å². The lowest BCUT2D eigenvalue weighted by Gasteiger charge is -2.11. The summed E-state index contributed by atoms with van der Waals surface area (Å²) in [6.45, 7) is 3.38. The summed E-state index contributed by atoms with van der Waals surface area (Å²) in [7, 11) is -3.78. The Morgan fingerprint density at radius 2 is 2.10 bits per heavy atom. The minimum Gasteiger partial charge on any atom is -0.392 e. The van der Waals surface area contributed by atoms with Gasteiger partial charge in [-0.25, -0.2) is 8.42 Å². The first-order valence-corrected chi connectivity index (χ1v) is 9.21. The van der Waals surface area contributed by atoms with Crippen molar-refractivity contribution < 1.29 is 13.5 Å². The number of hydrogen-bond acceptors (Lipinski definition) is 6. The van der Waals surface area contributed by atoms with Gasteiger partial charge in [-0.05, 0) is 36.6 Å². The Balaban J connectivity index is 2.41. The average molecular weight is 392 g/mol. The second kappa shape index (κ2) is 6.39. The van der Waals surface area contributed by atoms with Crippen LogP contribution in [0, 0.1) is 6.92 Å². The van der Waals surface area contributed by atoms with Crippen LogP contribution in [-0.4, -0.2) is 23.7 Å². The van der Waals surface area contributed by atoms with E-state index in [9.17, 15) is 13.5 Å². The van der Waals surface area contributed by atoms with Crippen molar-refractivity contribution in [3.63, 3.8) is 0 Å². The summed E-state index contributed by atoms with van der Waals surface area (Å²) in [5.41, 5.74) is 1.08. The Morgan fingerprint density at radius 3 is 2.67 bits per heavy atom. The molecule has 0 aliphatic rings. The normalized spacial score (nSPS) is 11.6. The molecule has 0 radical (unpaired) electrons. The largest absolute Gasteiger partial charge is 0.392 e. The highest BCUT2D eigenvalue weighted by molar-refractivity contribution is 9.10. The molecule has 2 N–H and O–H groups in total. The molecule has 0 spiro atoms. The maximum atomic E-state index is 12.5. The van der Waals surface area contributed by atoms with Crippen LogP contribution in [0.1, 0.15) is 23.1 Å². The van der Waals surface area contributed by atoms with E-state index < -0.39 is 10.0 Å². The lowest BCUT2D eigenvalue weighted by Crippen LogP contribution is -2.15. The van der Waals surface area contributed by atoms with Gasteiger partial charge in [0.1, 0.15) is 5.01 Å². The number of aromatic nitrogens is 2. The molecule has 0 unspecified atom stereocenters. The van der Waals surface area contributed by atoms with Crippen molar-refractivity contribution in [3.05, 3.63) is 32.7 Å². The Kier molecular flexibility index (Phi) is 4.97. The van der Waals surface area contributed by atoms with Crippen molar-refractivity contribution in [1.29, 1.82) is 0 Å². The van der Waals surface area contributed by atoms with E-state index in [4.69, 9.17) is 0 Å². The highest BCUT2D eigenvalue weighted by Gasteiger charge is 2.21.